The summed E-state index contributed by atoms with van der Waals surface area (Å²) in [7, 11) is 1.53. The Balaban J connectivity index is 2.84. The monoisotopic (exact) mass is 344 g/mol. The maximum atomic E-state index is 12.1. The van der Waals surface area contributed by atoms with Crippen molar-refractivity contribution >= 4 is 33.6 Å². The molecular formula is C13H17BrN2O4. The van der Waals surface area contributed by atoms with E-state index in [4.69, 9.17) is 9.84 Å². The molecule has 0 aliphatic carbocycles. The molecular weight excluding hydrogens is 328 g/mol. The summed E-state index contributed by atoms with van der Waals surface area (Å²) in [4.78, 5) is 24.1. The molecule has 0 aliphatic rings. The minimum atomic E-state index is -1.04. The van der Waals surface area contributed by atoms with E-state index in [2.05, 4.69) is 21.2 Å². The Bertz CT molecular complexity index is 493. The van der Waals surface area contributed by atoms with Crippen LogP contribution in [0.25, 0.3) is 0 Å². The number of hydrogen-bond acceptors (Lipinski definition) is 3. The van der Waals surface area contributed by atoms with Gasteiger partial charge in [-0.2, -0.15) is 0 Å². The molecule has 0 atom stereocenters. The SMILES string of the molecule is CCCN(CC(=O)O)C(=O)Nc1cc(OC)ccc1Br. The topological polar surface area (TPSA) is 78.9 Å². The molecule has 20 heavy (non-hydrogen) atoms. The van der Waals surface area contributed by atoms with Crippen LogP contribution in [0.2, 0.25) is 0 Å². The minimum Gasteiger partial charge on any atom is -0.497 e. The molecule has 2 N–H and O–H groups in total. The maximum absolute atomic E-state index is 12.1. The Morgan fingerprint density at radius 3 is 2.70 bits per heavy atom. The molecule has 1 aromatic rings. The van der Waals surface area contributed by atoms with Gasteiger partial charge in [-0.3, -0.25) is 4.79 Å². The smallest absolute Gasteiger partial charge is 0.323 e. The Labute approximate surface area is 125 Å². The van der Waals surface area contributed by atoms with Gasteiger partial charge in [0.15, 0.2) is 0 Å². The van der Waals surface area contributed by atoms with Gasteiger partial charge in [0.25, 0.3) is 0 Å². The van der Waals surface area contributed by atoms with E-state index in [1.165, 1.54) is 12.0 Å². The lowest BCUT2D eigenvalue weighted by atomic mass is 10.3. The Kier molecular flexibility index (Phi) is 6.30. The summed E-state index contributed by atoms with van der Waals surface area (Å²) >= 11 is 3.32. The summed E-state index contributed by atoms with van der Waals surface area (Å²) in [6.45, 7) is 1.92. The summed E-state index contributed by atoms with van der Waals surface area (Å²) in [6.07, 6.45) is 0.681. The molecule has 0 unspecified atom stereocenters. The molecule has 0 spiro atoms. The molecule has 0 radical (unpaired) electrons. The van der Waals surface area contributed by atoms with E-state index in [9.17, 15) is 9.59 Å². The van der Waals surface area contributed by atoms with E-state index in [0.717, 1.165) is 0 Å². The van der Waals surface area contributed by atoms with Crippen molar-refractivity contribution in [3.8, 4) is 5.75 Å². The zero-order valence-electron chi connectivity index (χ0n) is 11.4. The third-order valence-electron chi connectivity index (χ3n) is 2.52. The quantitative estimate of drug-likeness (QED) is 0.831. The maximum Gasteiger partial charge on any atom is 0.323 e. The predicted molar refractivity (Wildman–Crippen MR) is 79.2 cm³/mol. The minimum absolute atomic E-state index is 0.332. The van der Waals surface area contributed by atoms with Crippen molar-refractivity contribution in [3.63, 3.8) is 0 Å². The zero-order chi connectivity index (χ0) is 15.1. The molecule has 0 fully saturated rings. The number of carbonyl (C=O) groups excluding carboxylic acids is 1. The van der Waals surface area contributed by atoms with Crippen LogP contribution < -0.4 is 10.1 Å². The number of benzene rings is 1. The van der Waals surface area contributed by atoms with Crippen LogP contribution in [0.4, 0.5) is 10.5 Å². The standard InChI is InChI=1S/C13H17BrN2O4/c1-3-6-16(8-12(17)18)13(19)15-11-7-9(20-2)4-5-10(11)14/h4-5,7H,3,6,8H2,1-2H3,(H,15,19)(H,17,18). The fraction of sp³-hybridized carbons (Fsp3) is 0.385. The van der Waals surface area contributed by atoms with E-state index in [1.54, 1.807) is 18.2 Å². The predicted octanol–water partition coefficient (Wildman–Crippen LogP) is 2.79. The van der Waals surface area contributed by atoms with Gasteiger partial charge >= 0.3 is 12.0 Å². The molecule has 6 nitrogen and oxygen atoms in total. The molecule has 7 heteroatoms. The van der Waals surface area contributed by atoms with Crippen molar-refractivity contribution in [2.75, 3.05) is 25.5 Å². The second kappa shape index (κ2) is 7.74. The van der Waals surface area contributed by atoms with Crippen LogP contribution in [-0.4, -0.2) is 42.2 Å². The summed E-state index contributed by atoms with van der Waals surface area (Å²) in [5, 5.41) is 11.5. The van der Waals surface area contributed by atoms with Crippen LogP contribution in [0.3, 0.4) is 0 Å². The number of nitrogens with zero attached hydrogens (tertiary/aromatic N) is 1. The molecule has 1 rings (SSSR count). The van der Waals surface area contributed by atoms with Gasteiger partial charge in [-0.1, -0.05) is 6.92 Å². The summed E-state index contributed by atoms with van der Waals surface area (Å²) in [6, 6.07) is 4.70. The van der Waals surface area contributed by atoms with E-state index < -0.39 is 12.0 Å². The highest BCUT2D eigenvalue weighted by atomic mass is 79.9. The van der Waals surface area contributed by atoms with Crippen LogP contribution in [0.1, 0.15) is 13.3 Å². The number of urea groups is 1. The van der Waals surface area contributed by atoms with Crippen molar-refractivity contribution in [2.45, 2.75) is 13.3 Å². The molecule has 0 heterocycles. The Morgan fingerprint density at radius 2 is 2.15 bits per heavy atom. The molecule has 0 bridgehead atoms. The Hall–Kier alpha value is -1.76. The molecule has 2 amide bonds. The third kappa shape index (κ3) is 4.73. The normalized spacial score (nSPS) is 9.95. The molecule has 0 saturated heterocycles. The first kappa shape index (κ1) is 16.3. The van der Waals surface area contributed by atoms with Crippen molar-refractivity contribution < 1.29 is 19.4 Å². The van der Waals surface area contributed by atoms with Crippen LogP contribution in [0.5, 0.6) is 5.75 Å². The van der Waals surface area contributed by atoms with Gasteiger partial charge in [0.05, 0.1) is 12.8 Å². The summed E-state index contributed by atoms with van der Waals surface area (Å²) < 4.78 is 5.78. The number of hydrogen-bond donors (Lipinski definition) is 2. The van der Waals surface area contributed by atoms with Gasteiger partial charge < -0.3 is 20.1 Å². The number of halogens is 1. The number of carboxylic acid groups (broad SMARTS) is 1. The lowest BCUT2D eigenvalue weighted by Gasteiger charge is -2.21. The van der Waals surface area contributed by atoms with Gasteiger partial charge in [0.2, 0.25) is 0 Å². The van der Waals surface area contributed by atoms with Crippen molar-refractivity contribution in [3.05, 3.63) is 22.7 Å². The first-order valence-electron chi connectivity index (χ1n) is 6.09. The van der Waals surface area contributed by atoms with Crippen molar-refractivity contribution in [1.29, 1.82) is 0 Å². The average molecular weight is 345 g/mol. The number of carbonyl (C=O) groups is 2. The van der Waals surface area contributed by atoms with Gasteiger partial charge in [-0.15, -0.1) is 0 Å². The average Bonchev–Trinajstić information content (AvgIpc) is 2.40. The van der Waals surface area contributed by atoms with Gasteiger partial charge in [-0.05, 0) is 34.5 Å². The first-order valence-corrected chi connectivity index (χ1v) is 6.88. The number of anilines is 1. The van der Waals surface area contributed by atoms with Crippen LogP contribution in [-0.2, 0) is 4.79 Å². The highest BCUT2D eigenvalue weighted by molar-refractivity contribution is 9.10. The number of nitrogens with one attached hydrogen (secondary N) is 1. The van der Waals surface area contributed by atoms with E-state index >= 15 is 0 Å². The molecule has 0 aliphatic heterocycles. The largest absolute Gasteiger partial charge is 0.497 e. The molecule has 1 aromatic carbocycles. The highest BCUT2D eigenvalue weighted by Crippen LogP contribution is 2.27. The first-order chi connectivity index (χ1) is 9.47. The fourth-order valence-electron chi connectivity index (χ4n) is 1.61. The number of rotatable bonds is 6. The molecule has 0 aromatic heterocycles. The fourth-order valence-corrected chi connectivity index (χ4v) is 1.95. The van der Waals surface area contributed by atoms with E-state index in [-0.39, 0.29) is 6.54 Å². The third-order valence-corrected chi connectivity index (χ3v) is 3.21. The van der Waals surface area contributed by atoms with Crippen LogP contribution in [0, 0.1) is 0 Å². The molecule has 110 valence electrons. The van der Waals surface area contributed by atoms with Crippen LogP contribution >= 0.6 is 15.9 Å². The molecule has 0 saturated carbocycles. The van der Waals surface area contributed by atoms with Crippen molar-refractivity contribution in [1.82, 2.24) is 4.90 Å². The van der Waals surface area contributed by atoms with Gasteiger partial charge in [0.1, 0.15) is 12.3 Å². The number of aliphatic carboxylic acids is 1. The summed E-state index contributed by atoms with van der Waals surface area (Å²) in [5.41, 5.74) is 0.529. The Morgan fingerprint density at radius 1 is 1.45 bits per heavy atom. The second-order valence-corrected chi connectivity index (χ2v) is 4.95. The lowest BCUT2D eigenvalue weighted by Crippen LogP contribution is -2.39. The lowest BCUT2D eigenvalue weighted by molar-refractivity contribution is -0.137. The number of methoxy groups -OCH3 is 1. The van der Waals surface area contributed by atoms with Crippen molar-refractivity contribution in [2.24, 2.45) is 0 Å². The number of amides is 2. The van der Waals surface area contributed by atoms with Crippen LogP contribution in [0.15, 0.2) is 22.7 Å². The highest BCUT2D eigenvalue weighted by Gasteiger charge is 2.17. The zero-order valence-corrected chi connectivity index (χ0v) is 12.9. The van der Waals surface area contributed by atoms with Gasteiger partial charge in [-0.25, -0.2) is 4.79 Å². The summed E-state index contributed by atoms with van der Waals surface area (Å²) in [5.74, 6) is -0.443. The number of carboxylic acids is 1. The number of ether oxygens (including phenoxy) is 1. The second-order valence-electron chi connectivity index (χ2n) is 4.09. The van der Waals surface area contributed by atoms with Gasteiger partial charge in [0, 0.05) is 17.1 Å². The van der Waals surface area contributed by atoms with E-state index in [0.29, 0.717) is 28.9 Å². The van der Waals surface area contributed by atoms with E-state index in [1.807, 2.05) is 6.92 Å².